The van der Waals surface area contributed by atoms with Gasteiger partial charge in [0.1, 0.15) is 11.4 Å². The maximum atomic E-state index is 13.3. The minimum absolute atomic E-state index is 0.0935. The Balaban J connectivity index is 1.63. The molecule has 2 aromatic carbocycles. The molecule has 2 aliphatic carbocycles. The van der Waals surface area contributed by atoms with Gasteiger partial charge in [-0.25, -0.2) is 0 Å². The highest BCUT2D eigenvalue weighted by atomic mass is 79.9. The Kier molecular flexibility index (Phi) is 11.9. The van der Waals surface area contributed by atoms with Crippen LogP contribution in [-0.4, -0.2) is 11.6 Å². The Bertz CT molecular complexity index is 1810. The summed E-state index contributed by atoms with van der Waals surface area (Å²) in [5.74, 6) is 0.187. The van der Waals surface area contributed by atoms with Crippen LogP contribution < -0.4 is 0 Å². The largest absolute Gasteiger partial charge is 0.289 e. The summed E-state index contributed by atoms with van der Waals surface area (Å²) in [5, 5.41) is 18.1. The van der Waals surface area contributed by atoms with Crippen LogP contribution in [-0.2, 0) is 9.59 Å². The molecule has 0 amide bonds. The van der Waals surface area contributed by atoms with E-state index in [2.05, 4.69) is 148 Å². The van der Waals surface area contributed by atoms with E-state index in [-0.39, 0.29) is 33.2 Å². The smallest absolute Gasteiger partial charge is 0.186 e. The van der Waals surface area contributed by atoms with Crippen molar-refractivity contribution < 1.29 is 9.59 Å². The zero-order chi connectivity index (χ0) is 39.1. The third kappa shape index (κ3) is 9.48. The lowest BCUT2D eigenvalue weighted by Gasteiger charge is -2.31. The van der Waals surface area contributed by atoms with Gasteiger partial charge in [0.2, 0.25) is 0 Å². The zero-order valence-corrected chi connectivity index (χ0v) is 36.3. The van der Waals surface area contributed by atoms with Crippen molar-refractivity contribution in [3.63, 3.8) is 0 Å². The second-order valence-corrected chi connectivity index (χ2v) is 19.5. The van der Waals surface area contributed by atoms with Gasteiger partial charge in [-0.3, -0.25) is 9.59 Å². The van der Waals surface area contributed by atoms with E-state index >= 15 is 0 Å². The summed E-state index contributed by atoms with van der Waals surface area (Å²) in [7, 11) is 0. The third-order valence-corrected chi connectivity index (χ3v) is 10.2. The summed E-state index contributed by atoms with van der Waals surface area (Å²) in [4.78, 5) is 26.6. The second-order valence-electron chi connectivity index (χ2n) is 17.8. The summed E-state index contributed by atoms with van der Waals surface area (Å²) < 4.78 is 1.64. The van der Waals surface area contributed by atoms with Crippen LogP contribution in [0.2, 0.25) is 0 Å². The number of rotatable bonds is 5. The first-order valence-electron chi connectivity index (χ1n) is 17.6. The van der Waals surface area contributed by atoms with E-state index in [1.165, 1.54) is 0 Å². The topological polar surface area (TPSA) is 83.6 Å². The number of benzene rings is 2. The van der Waals surface area contributed by atoms with E-state index < -0.39 is 0 Å². The van der Waals surface area contributed by atoms with Gasteiger partial charge in [-0.2, -0.15) is 10.2 Å². The second kappa shape index (κ2) is 15.0. The molecule has 6 nitrogen and oxygen atoms in total. The van der Waals surface area contributed by atoms with E-state index in [9.17, 15) is 9.59 Å². The molecule has 0 bridgehead atoms. The molecule has 0 N–H and O–H groups in total. The Morgan fingerprint density at radius 2 is 0.750 bits per heavy atom. The highest BCUT2D eigenvalue weighted by Gasteiger charge is 2.35. The minimum Gasteiger partial charge on any atom is -0.289 e. The van der Waals surface area contributed by atoms with Crippen molar-refractivity contribution in [2.75, 3.05) is 0 Å². The molecule has 274 valence electrons. The lowest BCUT2D eigenvalue weighted by molar-refractivity contribution is -0.114. The summed E-state index contributed by atoms with van der Waals surface area (Å²) in [6.07, 6.45) is 11.2. The van der Waals surface area contributed by atoms with E-state index in [1.807, 2.05) is 50.3 Å². The molecule has 4 rings (SSSR count). The van der Waals surface area contributed by atoms with Gasteiger partial charge in [-0.15, -0.1) is 10.2 Å². The fourth-order valence-electron chi connectivity index (χ4n) is 6.05. The first kappa shape index (κ1) is 41.1. The third-order valence-electron chi connectivity index (χ3n) is 9.02. The van der Waals surface area contributed by atoms with E-state index in [1.54, 1.807) is 12.4 Å². The Morgan fingerprint density at radius 3 is 0.981 bits per heavy atom. The summed E-state index contributed by atoms with van der Waals surface area (Å²) >= 11 is 7.47. The van der Waals surface area contributed by atoms with Gasteiger partial charge < -0.3 is 0 Å². The predicted octanol–water partition coefficient (Wildman–Crippen LogP) is 14.5. The molecular formula is C44H52Br2N4O2. The van der Waals surface area contributed by atoms with Crippen LogP contribution in [0.25, 0.3) is 11.1 Å². The van der Waals surface area contributed by atoms with Gasteiger partial charge in [-0.1, -0.05) is 83.1 Å². The lowest BCUT2D eigenvalue weighted by Crippen LogP contribution is -2.27. The Labute approximate surface area is 327 Å². The first-order valence-corrected chi connectivity index (χ1v) is 19.2. The first-order chi connectivity index (χ1) is 23.8. The molecule has 0 heterocycles. The minimum atomic E-state index is -0.292. The van der Waals surface area contributed by atoms with Crippen molar-refractivity contribution >= 4 is 54.8 Å². The molecule has 0 unspecified atom stereocenters. The zero-order valence-electron chi connectivity index (χ0n) is 33.1. The normalized spacial score (nSPS) is 16.4. The van der Waals surface area contributed by atoms with Gasteiger partial charge >= 0.3 is 0 Å². The standard InChI is InChI=1S/C44H52Br2N4O2/c1-25-15-29(21-35(45)37(25)49-47-23-27-17-31(41(3,4)5)39(51)32(18-27)42(6,7)8)30-16-26(2)38(36(46)22-30)50-48-24-28-19-33(43(9,10)11)40(52)34(20-28)44(12,13)14/h15-24H,1-14H3. The number of azo groups is 2. The number of Topliss-reactive ketones (excluding diaryl/α,β-unsaturated/α-hetero) is 2. The van der Waals surface area contributed by atoms with Crippen molar-refractivity contribution in [1.29, 1.82) is 0 Å². The quantitative estimate of drug-likeness (QED) is 0.281. The molecule has 0 atom stereocenters. The number of hydrogen-bond donors (Lipinski definition) is 0. The van der Waals surface area contributed by atoms with Crippen LogP contribution in [0, 0.1) is 35.5 Å². The SMILES string of the molecule is Cc1cc(-c2cc(C)c(N=NC=C3C=C(C(C)(C)C)C(=O)C(C(C)(C)C)=C3)c(Br)c2)cc(Br)c1N=NC=C1C=C(C(C)(C)C)C(=O)C(C(C)(C)C)=C1. The predicted molar refractivity (Wildman–Crippen MR) is 222 cm³/mol. The average molecular weight is 829 g/mol. The monoisotopic (exact) mass is 826 g/mol. The number of hydrogen-bond acceptors (Lipinski definition) is 6. The van der Waals surface area contributed by atoms with Gasteiger partial charge in [0.15, 0.2) is 11.6 Å². The average Bonchev–Trinajstić information content (AvgIpc) is 2.98. The van der Waals surface area contributed by atoms with E-state index in [4.69, 9.17) is 0 Å². The van der Waals surface area contributed by atoms with Crippen LogP contribution in [0.4, 0.5) is 11.4 Å². The summed E-state index contributed by atoms with van der Waals surface area (Å²) in [5.41, 5.74) is 9.05. The van der Waals surface area contributed by atoms with E-state index in [0.717, 1.165) is 76.0 Å². The van der Waals surface area contributed by atoms with Gasteiger partial charge in [0.25, 0.3) is 0 Å². The van der Waals surface area contributed by atoms with Crippen LogP contribution in [0.5, 0.6) is 0 Å². The molecule has 0 spiro atoms. The number of nitrogens with zero attached hydrogens (tertiary/aromatic N) is 4. The lowest BCUT2D eigenvalue weighted by atomic mass is 9.72. The number of aryl methyl sites for hydroxylation is 2. The highest BCUT2D eigenvalue weighted by molar-refractivity contribution is 9.11. The molecule has 2 aromatic rings. The number of ketones is 2. The molecule has 0 saturated carbocycles. The van der Waals surface area contributed by atoms with Gasteiger partial charge in [-0.05, 0) is 149 Å². The maximum absolute atomic E-state index is 13.3. The van der Waals surface area contributed by atoms with Crippen LogP contribution >= 0.6 is 31.9 Å². The van der Waals surface area contributed by atoms with Crippen LogP contribution in [0.3, 0.4) is 0 Å². The fourth-order valence-corrected chi connectivity index (χ4v) is 7.32. The molecule has 8 heteroatoms. The van der Waals surface area contributed by atoms with Crippen molar-refractivity contribution in [3.05, 3.63) is 114 Å². The van der Waals surface area contributed by atoms with Gasteiger partial charge in [0.05, 0.1) is 12.4 Å². The molecule has 0 saturated heterocycles. The van der Waals surface area contributed by atoms with Crippen molar-refractivity contribution in [3.8, 4) is 11.1 Å². The molecule has 0 fully saturated rings. The van der Waals surface area contributed by atoms with Crippen LogP contribution in [0.1, 0.15) is 94.2 Å². The Hall–Kier alpha value is -3.62. The number of halogens is 2. The summed E-state index contributed by atoms with van der Waals surface area (Å²) in [6.45, 7) is 28.7. The molecule has 2 aliphatic rings. The maximum Gasteiger partial charge on any atom is 0.186 e. The van der Waals surface area contributed by atoms with Crippen molar-refractivity contribution in [2.45, 2.75) is 96.9 Å². The number of carbonyl (C=O) groups is 2. The fraction of sp³-hybridized carbons (Fsp3) is 0.409. The van der Waals surface area contributed by atoms with E-state index in [0.29, 0.717) is 0 Å². The molecule has 52 heavy (non-hydrogen) atoms. The van der Waals surface area contributed by atoms with Crippen molar-refractivity contribution in [2.24, 2.45) is 42.1 Å². The number of carbonyl (C=O) groups excluding carboxylic acids is 2. The number of allylic oxidation sites excluding steroid dienone is 10. The van der Waals surface area contributed by atoms with Gasteiger partial charge in [0, 0.05) is 31.2 Å². The Morgan fingerprint density at radius 1 is 0.481 bits per heavy atom. The van der Waals surface area contributed by atoms with Crippen molar-refractivity contribution in [1.82, 2.24) is 0 Å². The molecule has 0 aliphatic heterocycles. The van der Waals surface area contributed by atoms with Crippen LogP contribution in [0.15, 0.2) is 124 Å². The highest BCUT2D eigenvalue weighted by Crippen LogP contribution is 2.42. The molecular weight excluding hydrogens is 776 g/mol. The molecule has 0 radical (unpaired) electrons. The summed E-state index contributed by atoms with van der Waals surface area (Å²) in [6, 6.07) is 8.27. The molecule has 0 aromatic heterocycles.